The second-order valence-corrected chi connectivity index (χ2v) is 9.62. The van der Waals surface area contributed by atoms with Crippen molar-refractivity contribution in [2.75, 3.05) is 0 Å². The number of hydrogen-bond acceptors (Lipinski definition) is 4. The topological polar surface area (TPSA) is 54.8 Å². The number of carbonyl (C=O) groups excluding carboxylic acids is 1. The molecule has 0 radical (unpaired) electrons. The Morgan fingerprint density at radius 3 is 2.50 bits per heavy atom. The molecule has 1 saturated carbocycles. The first-order valence-electron chi connectivity index (χ1n) is 12.1. The Labute approximate surface area is 190 Å². The Kier molecular flexibility index (Phi) is 5.62. The Bertz CT molecular complexity index is 988. The number of aromatic nitrogens is 1. The zero-order valence-electron chi connectivity index (χ0n) is 19.3. The van der Waals surface area contributed by atoms with Gasteiger partial charge < -0.3 is 9.64 Å². The minimum absolute atomic E-state index is 0.0600. The summed E-state index contributed by atoms with van der Waals surface area (Å²) in [6.07, 6.45) is 7.00. The molecule has 5 atom stereocenters. The fraction of sp³-hybridized carbons (Fsp3) is 0.519. The summed E-state index contributed by atoms with van der Waals surface area (Å²) >= 11 is 0. The SMILES string of the molecule is CCC(CC)[C@@H]1N=C2C[C@H](c3ccccc3)[C@@H](C)C3C[C@@]2(O1)N(Cc1ccncc1)C3=O. The van der Waals surface area contributed by atoms with Gasteiger partial charge in [0.1, 0.15) is 0 Å². The highest BCUT2D eigenvalue weighted by Gasteiger charge is 2.62. The monoisotopic (exact) mass is 431 g/mol. The number of carbonyl (C=O) groups is 1. The van der Waals surface area contributed by atoms with E-state index in [9.17, 15) is 4.79 Å². The Hall–Kier alpha value is -2.53. The van der Waals surface area contributed by atoms with E-state index in [2.05, 4.69) is 56.1 Å². The lowest BCUT2D eigenvalue weighted by molar-refractivity contribution is -0.154. The predicted octanol–water partition coefficient (Wildman–Crippen LogP) is 5.18. The summed E-state index contributed by atoms with van der Waals surface area (Å²) < 4.78 is 6.84. The van der Waals surface area contributed by atoms with E-state index in [-0.39, 0.29) is 29.9 Å². The van der Waals surface area contributed by atoms with Gasteiger partial charge in [-0.1, -0.05) is 51.1 Å². The van der Waals surface area contributed by atoms with Crippen LogP contribution in [0.2, 0.25) is 0 Å². The van der Waals surface area contributed by atoms with Gasteiger partial charge in [-0.25, -0.2) is 0 Å². The standard InChI is InChI=1S/C27H33N3O2/c1-4-20(5-2)25-29-24-15-22(21-9-7-6-8-10-21)18(3)23-16-27(24,32-25)30(26(23)31)17-19-11-13-28-14-12-19/h6-14,18,20,22-23,25H,4-5,15-17H2,1-3H3/t18-,22+,23?,25-,27+/m1/s1. The zero-order chi connectivity index (χ0) is 22.3. The van der Waals surface area contributed by atoms with E-state index >= 15 is 0 Å². The molecule has 1 amide bonds. The summed E-state index contributed by atoms with van der Waals surface area (Å²) in [5.41, 5.74) is 2.73. The molecular formula is C27H33N3O2. The minimum Gasteiger partial charge on any atom is -0.325 e. The maximum Gasteiger partial charge on any atom is 0.229 e. The van der Waals surface area contributed by atoms with Crippen molar-refractivity contribution in [3.8, 4) is 0 Å². The van der Waals surface area contributed by atoms with Crippen molar-refractivity contribution in [2.45, 2.75) is 70.9 Å². The smallest absolute Gasteiger partial charge is 0.229 e. The zero-order valence-corrected chi connectivity index (χ0v) is 19.3. The van der Waals surface area contributed by atoms with Crippen LogP contribution in [0, 0.1) is 17.8 Å². The molecule has 1 aromatic heterocycles. The first-order valence-corrected chi connectivity index (χ1v) is 12.1. The predicted molar refractivity (Wildman–Crippen MR) is 125 cm³/mol. The largest absolute Gasteiger partial charge is 0.325 e. The third-order valence-electron chi connectivity index (χ3n) is 8.02. The second kappa shape index (κ2) is 8.43. The molecule has 5 heteroatoms. The van der Waals surface area contributed by atoms with E-state index < -0.39 is 5.72 Å². The molecule has 1 spiro atoms. The third kappa shape index (κ3) is 3.38. The van der Waals surface area contributed by atoms with Crippen LogP contribution < -0.4 is 0 Å². The van der Waals surface area contributed by atoms with Crippen molar-refractivity contribution < 1.29 is 9.53 Å². The number of nitrogens with zero attached hydrogens (tertiary/aromatic N) is 3. The van der Waals surface area contributed by atoms with Crippen LogP contribution in [0.25, 0.3) is 0 Å². The normalized spacial score (nSPS) is 31.6. The van der Waals surface area contributed by atoms with Crippen LogP contribution in [0.4, 0.5) is 0 Å². The van der Waals surface area contributed by atoms with Crippen LogP contribution in [0.15, 0.2) is 59.9 Å². The van der Waals surface area contributed by atoms with Gasteiger partial charge in [-0.15, -0.1) is 0 Å². The number of hydrogen-bond donors (Lipinski definition) is 0. The van der Waals surface area contributed by atoms with Gasteiger partial charge in [0.25, 0.3) is 0 Å². The lowest BCUT2D eigenvalue weighted by atomic mass is 9.78. The van der Waals surface area contributed by atoms with Crippen molar-refractivity contribution in [1.82, 2.24) is 9.88 Å². The highest BCUT2D eigenvalue weighted by atomic mass is 16.6. The molecule has 2 aliphatic heterocycles. The molecular weight excluding hydrogens is 398 g/mol. The van der Waals surface area contributed by atoms with Gasteiger partial charge in [0.2, 0.25) is 5.91 Å². The molecule has 32 heavy (non-hydrogen) atoms. The molecule has 2 fully saturated rings. The number of fused-ring (bicyclic) bond motifs is 1. The molecule has 1 aliphatic carbocycles. The second-order valence-electron chi connectivity index (χ2n) is 9.62. The molecule has 5 rings (SSSR count). The fourth-order valence-electron chi connectivity index (χ4n) is 6.00. The van der Waals surface area contributed by atoms with Crippen molar-refractivity contribution >= 4 is 11.6 Å². The lowest BCUT2D eigenvalue weighted by Crippen LogP contribution is -2.52. The van der Waals surface area contributed by atoms with Crippen molar-refractivity contribution in [1.29, 1.82) is 0 Å². The van der Waals surface area contributed by atoms with Gasteiger partial charge in [-0.2, -0.15) is 0 Å². The third-order valence-corrected chi connectivity index (χ3v) is 8.02. The molecule has 3 heterocycles. The first kappa shape index (κ1) is 21.3. The van der Waals surface area contributed by atoms with E-state index in [4.69, 9.17) is 9.73 Å². The van der Waals surface area contributed by atoms with Gasteiger partial charge in [-0.3, -0.25) is 14.8 Å². The van der Waals surface area contributed by atoms with Gasteiger partial charge in [0.05, 0.1) is 5.71 Å². The Balaban J connectivity index is 1.57. The number of pyridine rings is 1. The van der Waals surface area contributed by atoms with Gasteiger partial charge in [0.15, 0.2) is 12.0 Å². The molecule has 1 unspecified atom stereocenters. The average molecular weight is 432 g/mol. The summed E-state index contributed by atoms with van der Waals surface area (Å²) in [5.74, 6) is 1.02. The number of benzene rings is 1. The van der Waals surface area contributed by atoms with Crippen molar-refractivity contribution in [3.63, 3.8) is 0 Å². The maximum absolute atomic E-state index is 13.9. The van der Waals surface area contributed by atoms with E-state index in [1.54, 1.807) is 12.4 Å². The fourth-order valence-corrected chi connectivity index (χ4v) is 6.00. The molecule has 168 valence electrons. The molecule has 1 aromatic carbocycles. The summed E-state index contributed by atoms with van der Waals surface area (Å²) in [7, 11) is 0. The van der Waals surface area contributed by atoms with Gasteiger partial charge in [-0.05, 0) is 54.4 Å². The highest BCUT2D eigenvalue weighted by molar-refractivity contribution is 6.01. The van der Waals surface area contributed by atoms with Gasteiger partial charge in [0, 0.05) is 37.2 Å². The van der Waals surface area contributed by atoms with E-state index in [0.29, 0.717) is 18.9 Å². The molecule has 3 aliphatic rings. The number of ether oxygens (including phenoxy) is 1. The number of likely N-dealkylation sites (tertiary alicyclic amines) is 1. The van der Waals surface area contributed by atoms with Crippen LogP contribution in [0.3, 0.4) is 0 Å². The van der Waals surface area contributed by atoms with Gasteiger partial charge >= 0.3 is 0 Å². The Morgan fingerprint density at radius 2 is 1.81 bits per heavy atom. The molecule has 5 nitrogen and oxygen atoms in total. The van der Waals surface area contributed by atoms with Crippen molar-refractivity contribution in [2.24, 2.45) is 22.7 Å². The van der Waals surface area contributed by atoms with Crippen LogP contribution >= 0.6 is 0 Å². The summed E-state index contributed by atoms with van der Waals surface area (Å²) in [6, 6.07) is 14.6. The molecule has 1 saturated heterocycles. The number of aliphatic imine (C=N–C) groups is 1. The summed E-state index contributed by atoms with van der Waals surface area (Å²) in [6.45, 7) is 7.19. The highest BCUT2D eigenvalue weighted by Crippen LogP contribution is 2.53. The van der Waals surface area contributed by atoms with Crippen LogP contribution in [-0.2, 0) is 16.1 Å². The van der Waals surface area contributed by atoms with Crippen LogP contribution in [-0.4, -0.2) is 33.5 Å². The lowest BCUT2D eigenvalue weighted by Gasteiger charge is -2.38. The Morgan fingerprint density at radius 1 is 1.09 bits per heavy atom. The molecule has 2 bridgehead atoms. The average Bonchev–Trinajstić information content (AvgIpc) is 3.27. The number of amides is 1. The van der Waals surface area contributed by atoms with E-state index in [0.717, 1.165) is 30.5 Å². The minimum atomic E-state index is -0.712. The molecule has 2 aromatic rings. The molecule has 0 N–H and O–H groups in total. The quantitative estimate of drug-likeness (QED) is 0.633. The van der Waals surface area contributed by atoms with E-state index in [1.165, 1.54) is 5.56 Å². The van der Waals surface area contributed by atoms with Crippen LogP contribution in [0.5, 0.6) is 0 Å². The first-order chi connectivity index (χ1) is 15.6. The van der Waals surface area contributed by atoms with Crippen LogP contribution in [0.1, 0.15) is 63.5 Å². The van der Waals surface area contributed by atoms with Crippen molar-refractivity contribution in [3.05, 3.63) is 66.0 Å². The summed E-state index contributed by atoms with van der Waals surface area (Å²) in [4.78, 5) is 25.2. The number of rotatable bonds is 6. The maximum atomic E-state index is 13.9. The van der Waals surface area contributed by atoms with E-state index in [1.807, 2.05) is 17.0 Å². The summed E-state index contributed by atoms with van der Waals surface area (Å²) in [5, 5.41) is 0.